The molecule has 1 atom stereocenters. The van der Waals surface area contributed by atoms with Gasteiger partial charge in [-0.2, -0.15) is 0 Å². The summed E-state index contributed by atoms with van der Waals surface area (Å²) in [5, 5.41) is 0. The van der Waals surface area contributed by atoms with Gasteiger partial charge in [0.25, 0.3) is 0 Å². The average molecular weight is 351 g/mol. The SMILES string of the molecule is CC(=O)c1ccccc1OC(=O)[C@H]1CC(=O)N(c2ccc(C)cc2C)C1. The molecule has 0 unspecified atom stereocenters. The van der Waals surface area contributed by atoms with Gasteiger partial charge in [0, 0.05) is 18.7 Å². The number of nitrogens with zero attached hydrogens (tertiary/aromatic N) is 1. The number of amides is 1. The molecular formula is C21H21NO4. The number of carbonyl (C=O) groups is 3. The van der Waals surface area contributed by atoms with Crippen LogP contribution in [0.4, 0.5) is 5.69 Å². The summed E-state index contributed by atoms with van der Waals surface area (Å²) in [6, 6.07) is 12.5. The van der Waals surface area contributed by atoms with Gasteiger partial charge in [0.05, 0.1) is 11.5 Å². The van der Waals surface area contributed by atoms with Crippen molar-refractivity contribution in [3.8, 4) is 5.75 Å². The van der Waals surface area contributed by atoms with Gasteiger partial charge in [-0.25, -0.2) is 0 Å². The van der Waals surface area contributed by atoms with Crippen LogP contribution >= 0.6 is 0 Å². The predicted molar refractivity (Wildman–Crippen MR) is 98.5 cm³/mol. The minimum atomic E-state index is -0.553. The maximum Gasteiger partial charge on any atom is 0.316 e. The summed E-state index contributed by atoms with van der Waals surface area (Å²) in [5.41, 5.74) is 3.29. The van der Waals surface area contributed by atoms with Crippen LogP contribution in [-0.2, 0) is 9.59 Å². The number of hydrogen-bond acceptors (Lipinski definition) is 4. The highest BCUT2D eigenvalue weighted by atomic mass is 16.5. The molecule has 0 radical (unpaired) electrons. The van der Waals surface area contributed by atoms with Gasteiger partial charge in [-0.1, -0.05) is 29.8 Å². The van der Waals surface area contributed by atoms with Crippen molar-refractivity contribution in [1.29, 1.82) is 0 Å². The van der Waals surface area contributed by atoms with E-state index in [4.69, 9.17) is 4.74 Å². The molecule has 0 spiro atoms. The Morgan fingerprint density at radius 1 is 1.12 bits per heavy atom. The molecule has 5 nitrogen and oxygen atoms in total. The lowest BCUT2D eigenvalue weighted by Crippen LogP contribution is -2.28. The Bertz CT molecular complexity index is 887. The van der Waals surface area contributed by atoms with Crippen LogP contribution < -0.4 is 9.64 Å². The molecule has 2 aromatic rings. The molecule has 0 saturated carbocycles. The maximum absolute atomic E-state index is 12.5. The van der Waals surface area contributed by atoms with Crippen molar-refractivity contribution in [1.82, 2.24) is 0 Å². The molecule has 1 saturated heterocycles. The number of Topliss-reactive ketones (excluding diaryl/α,β-unsaturated/α-hetero) is 1. The van der Waals surface area contributed by atoms with Gasteiger partial charge < -0.3 is 9.64 Å². The van der Waals surface area contributed by atoms with Crippen molar-refractivity contribution in [3.63, 3.8) is 0 Å². The normalized spacial score (nSPS) is 16.7. The zero-order valence-corrected chi connectivity index (χ0v) is 15.1. The summed E-state index contributed by atoms with van der Waals surface area (Å²) in [7, 11) is 0. The highest BCUT2D eigenvalue weighted by Gasteiger charge is 2.37. The molecule has 1 amide bonds. The second kappa shape index (κ2) is 7.12. The van der Waals surface area contributed by atoms with E-state index in [0.29, 0.717) is 5.56 Å². The topological polar surface area (TPSA) is 63.7 Å². The number of hydrogen-bond donors (Lipinski definition) is 0. The third-order valence-corrected chi connectivity index (χ3v) is 4.58. The van der Waals surface area contributed by atoms with Crippen LogP contribution in [0.25, 0.3) is 0 Å². The Hall–Kier alpha value is -2.95. The predicted octanol–water partition coefficient (Wildman–Crippen LogP) is 3.46. The van der Waals surface area contributed by atoms with Gasteiger partial charge in [0.2, 0.25) is 5.91 Å². The molecule has 3 rings (SSSR count). The first-order valence-electron chi connectivity index (χ1n) is 8.56. The van der Waals surface area contributed by atoms with E-state index in [1.54, 1.807) is 29.2 Å². The van der Waals surface area contributed by atoms with Gasteiger partial charge >= 0.3 is 5.97 Å². The first-order chi connectivity index (χ1) is 12.4. The number of para-hydroxylation sites is 1. The zero-order valence-electron chi connectivity index (χ0n) is 15.1. The molecule has 2 aromatic carbocycles. The van der Waals surface area contributed by atoms with Crippen molar-refractivity contribution in [3.05, 3.63) is 59.2 Å². The van der Waals surface area contributed by atoms with Crippen LogP contribution in [0.1, 0.15) is 34.8 Å². The Morgan fingerprint density at radius 3 is 2.54 bits per heavy atom. The van der Waals surface area contributed by atoms with Crippen molar-refractivity contribution >= 4 is 23.3 Å². The summed E-state index contributed by atoms with van der Waals surface area (Å²) in [4.78, 5) is 38.3. The Kier molecular flexibility index (Phi) is 4.89. The van der Waals surface area contributed by atoms with E-state index in [0.717, 1.165) is 16.8 Å². The average Bonchev–Trinajstić information content (AvgIpc) is 2.97. The first-order valence-corrected chi connectivity index (χ1v) is 8.56. The van der Waals surface area contributed by atoms with Crippen molar-refractivity contribution in [2.75, 3.05) is 11.4 Å². The highest BCUT2D eigenvalue weighted by Crippen LogP contribution is 2.30. The van der Waals surface area contributed by atoms with E-state index in [9.17, 15) is 14.4 Å². The molecule has 26 heavy (non-hydrogen) atoms. The monoisotopic (exact) mass is 351 g/mol. The molecular weight excluding hydrogens is 330 g/mol. The second-order valence-electron chi connectivity index (χ2n) is 6.67. The summed E-state index contributed by atoms with van der Waals surface area (Å²) in [5.74, 6) is -1.07. The number of esters is 1. The highest BCUT2D eigenvalue weighted by molar-refractivity contribution is 6.01. The lowest BCUT2D eigenvalue weighted by atomic mass is 10.1. The van der Waals surface area contributed by atoms with Gasteiger partial charge in [0.15, 0.2) is 5.78 Å². The van der Waals surface area contributed by atoms with Crippen LogP contribution in [0.2, 0.25) is 0 Å². The summed E-state index contributed by atoms with van der Waals surface area (Å²) >= 11 is 0. The minimum Gasteiger partial charge on any atom is -0.425 e. The molecule has 1 aliphatic heterocycles. The first kappa shape index (κ1) is 17.9. The van der Waals surface area contributed by atoms with Gasteiger partial charge in [-0.15, -0.1) is 0 Å². The van der Waals surface area contributed by atoms with Crippen LogP contribution in [-0.4, -0.2) is 24.2 Å². The lowest BCUT2D eigenvalue weighted by Gasteiger charge is -2.19. The Balaban J connectivity index is 1.76. The number of carbonyl (C=O) groups excluding carboxylic acids is 3. The summed E-state index contributed by atoms with van der Waals surface area (Å²) in [6.45, 7) is 5.65. The van der Waals surface area contributed by atoms with Crippen molar-refractivity contribution in [2.24, 2.45) is 5.92 Å². The van der Waals surface area contributed by atoms with Gasteiger partial charge in [0.1, 0.15) is 5.75 Å². The van der Waals surface area contributed by atoms with E-state index in [2.05, 4.69) is 0 Å². The van der Waals surface area contributed by atoms with Crippen LogP contribution in [0.3, 0.4) is 0 Å². The lowest BCUT2D eigenvalue weighted by molar-refractivity contribution is -0.139. The molecule has 0 N–H and O–H groups in total. The molecule has 134 valence electrons. The van der Waals surface area contributed by atoms with Crippen molar-refractivity contribution < 1.29 is 19.1 Å². The van der Waals surface area contributed by atoms with E-state index in [1.807, 2.05) is 32.0 Å². The van der Waals surface area contributed by atoms with Crippen LogP contribution in [0.5, 0.6) is 5.75 Å². The number of anilines is 1. The minimum absolute atomic E-state index is 0.0984. The third-order valence-electron chi connectivity index (χ3n) is 4.58. The molecule has 0 bridgehead atoms. The molecule has 0 aromatic heterocycles. The van der Waals surface area contributed by atoms with Crippen molar-refractivity contribution in [2.45, 2.75) is 27.2 Å². The second-order valence-corrected chi connectivity index (χ2v) is 6.67. The number of ether oxygens (including phenoxy) is 1. The molecule has 5 heteroatoms. The maximum atomic E-state index is 12.5. The number of benzene rings is 2. The fourth-order valence-corrected chi connectivity index (χ4v) is 3.24. The summed E-state index contributed by atoms with van der Waals surface area (Å²) in [6.07, 6.45) is 0.106. The van der Waals surface area contributed by atoms with Crippen LogP contribution in [0, 0.1) is 19.8 Å². The molecule has 1 fully saturated rings. The largest absolute Gasteiger partial charge is 0.425 e. The van der Waals surface area contributed by atoms with E-state index in [-0.39, 0.29) is 30.4 Å². The molecule has 0 aliphatic carbocycles. The number of rotatable bonds is 4. The fourth-order valence-electron chi connectivity index (χ4n) is 3.24. The summed E-state index contributed by atoms with van der Waals surface area (Å²) < 4.78 is 5.43. The Morgan fingerprint density at radius 2 is 1.85 bits per heavy atom. The molecule has 1 heterocycles. The third kappa shape index (κ3) is 3.52. The van der Waals surface area contributed by atoms with Gasteiger partial charge in [-0.05, 0) is 44.5 Å². The van der Waals surface area contributed by atoms with Crippen LogP contribution in [0.15, 0.2) is 42.5 Å². The zero-order chi connectivity index (χ0) is 18.8. The van der Waals surface area contributed by atoms with E-state index >= 15 is 0 Å². The number of ketones is 1. The quantitative estimate of drug-likeness (QED) is 0.481. The van der Waals surface area contributed by atoms with Gasteiger partial charge in [-0.3, -0.25) is 14.4 Å². The standard InChI is InChI=1S/C21H21NO4/c1-13-8-9-18(14(2)10-13)22-12-16(11-20(22)24)21(25)26-19-7-5-4-6-17(19)15(3)23/h4-10,16H,11-12H2,1-3H3/t16-/m0/s1. The van der Waals surface area contributed by atoms with E-state index < -0.39 is 11.9 Å². The Labute approximate surface area is 152 Å². The fraction of sp³-hybridized carbons (Fsp3) is 0.286. The van der Waals surface area contributed by atoms with E-state index in [1.165, 1.54) is 6.92 Å². The smallest absolute Gasteiger partial charge is 0.316 e. The molecule has 1 aliphatic rings. The number of aryl methyl sites for hydroxylation is 2.